The first-order valence-corrected chi connectivity index (χ1v) is 6.81. The summed E-state index contributed by atoms with van der Waals surface area (Å²) in [7, 11) is 0. The van der Waals surface area contributed by atoms with Crippen molar-refractivity contribution in [3.8, 4) is 0 Å². The van der Waals surface area contributed by atoms with Gasteiger partial charge in [0.1, 0.15) is 5.60 Å². The molecule has 0 atom stereocenters. The van der Waals surface area contributed by atoms with Gasteiger partial charge in [-0.1, -0.05) is 12.1 Å². The van der Waals surface area contributed by atoms with Crippen molar-refractivity contribution < 1.29 is 9.53 Å². The van der Waals surface area contributed by atoms with Crippen molar-refractivity contribution in [3.05, 3.63) is 34.6 Å². The molecule has 1 heterocycles. The minimum absolute atomic E-state index is 0.0233. The number of benzene rings is 1. The summed E-state index contributed by atoms with van der Waals surface area (Å²) in [5.74, 6) is -0.0233. The molecular formula is C15H19N3O3. The fraction of sp³-hybridized carbons (Fsp3) is 0.400. The zero-order valence-corrected chi connectivity index (χ0v) is 12.6. The zero-order valence-electron chi connectivity index (χ0n) is 12.6. The molecule has 0 unspecified atom stereocenters. The Labute approximate surface area is 122 Å². The Kier molecular flexibility index (Phi) is 3.97. The molecular weight excluding hydrogens is 270 g/mol. The Hall–Kier alpha value is -2.37. The van der Waals surface area contributed by atoms with Gasteiger partial charge in [-0.15, -0.1) is 0 Å². The van der Waals surface area contributed by atoms with Crippen molar-refractivity contribution in [2.75, 3.05) is 5.32 Å². The molecule has 1 aromatic heterocycles. The highest BCUT2D eigenvalue weighted by Crippen LogP contribution is 2.13. The van der Waals surface area contributed by atoms with Gasteiger partial charge in [-0.25, -0.2) is 9.78 Å². The molecule has 0 spiro atoms. The number of aromatic nitrogens is 2. The molecule has 1 aromatic carbocycles. The summed E-state index contributed by atoms with van der Waals surface area (Å²) in [6, 6.07) is 7.29. The van der Waals surface area contributed by atoms with Crippen molar-refractivity contribution >= 4 is 22.9 Å². The maximum atomic E-state index is 12.3. The average Bonchev–Trinajstić information content (AvgIpc) is 2.37. The van der Waals surface area contributed by atoms with E-state index in [0.717, 1.165) is 5.52 Å². The Morgan fingerprint density at radius 2 is 2.00 bits per heavy atom. The third-order valence-electron chi connectivity index (χ3n) is 2.79. The summed E-state index contributed by atoms with van der Waals surface area (Å²) >= 11 is 0. The lowest BCUT2D eigenvalue weighted by Crippen LogP contribution is -2.31. The van der Waals surface area contributed by atoms with Gasteiger partial charge in [0, 0.05) is 6.54 Å². The molecule has 21 heavy (non-hydrogen) atoms. The largest absolute Gasteiger partial charge is 0.444 e. The van der Waals surface area contributed by atoms with Gasteiger partial charge in [-0.05, 0) is 39.8 Å². The smallest absolute Gasteiger partial charge is 0.413 e. The Morgan fingerprint density at radius 1 is 1.33 bits per heavy atom. The molecule has 1 amide bonds. The molecule has 2 rings (SSSR count). The third kappa shape index (κ3) is 3.39. The first-order valence-electron chi connectivity index (χ1n) is 6.81. The van der Waals surface area contributed by atoms with Crippen LogP contribution in [-0.2, 0) is 11.3 Å². The number of para-hydroxylation sites is 2. The third-order valence-corrected chi connectivity index (χ3v) is 2.79. The van der Waals surface area contributed by atoms with Gasteiger partial charge < -0.3 is 9.30 Å². The van der Waals surface area contributed by atoms with E-state index in [0.29, 0.717) is 12.1 Å². The second-order valence-electron chi connectivity index (χ2n) is 5.63. The van der Waals surface area contributed by atoms with E-state index in [1.807, 2.05) is 25.1 Å². The SMILES string of the molecule is CCn1c(=O)c(NC(=O)OC(C)(C)C)nc2ccccc21. The van der Waals surface area contributed by atoms with E-state index in [1.165, 1.54) is 0 Å². The number of carbonyl (C=O) groups excluding carboxylic acids is 1. The summed E-state index contributed by atoms with van der Waals surface area (Å²) in [6.45, 7) is 7.62. The minimum atomic E-state index is -0.690. The summed E-state index contributed by atoms with van der Waals surface area (Å²) < 4.78 is 6.71. The molecule has 0 fully saturated rings. The lowest BCUT2D eigenvalue weighted by Gasteiger charge is -2.19. The second-order valence-corrected chi connectivity index (χ2v) is 5.63. The van der Waals surface area contributed by atoms with Gasteiger partial charge in [-0.3, -0.25) is 10.1 Å². The van der Waals surface area contributed by atoms with Crippen molar-refractivity contribution in [3.63, 3.8) is 0 Å². The normalized spacial score (nSPS) is 11.4. The number of rotatable bonds is 2. The molecule has 0 radical (unpaired) electrons. The summed E-state index contributed by atoms with van der Waals surface area (Å²) in [6.07, 6.45) is -0.690. The van der Waals surface area contributed by atoms with Gasteiger partial charge >= 0.3 is 6.09 Å². The summed E-state index contributed by atoms with van der Waals surface area (Å²) in [4.78, 5) is 28.3. The van der Waals surface area contributed by atoms with E-state index in [-0.39, 0.29) is 11.4 Å². The second kappa shape index (κ2) is 5.55. The van der Waals surface area contributed by atoms with Crippen LogP contribution in [0.15, 0.2) is 29.1 Å². The predicted molar refractivity (Wildman–Crippen MR) is 81.5 cm³/mol. The molecule has 0 bridgehead atoms. The van der Waals surface area contributed by atoms with Crippen molar-refractivity contribution in [1.29, 1.82) is 0 Å². The number of aryl methyl sites for hydroxylation is 1. The number of hydrogen-bond donors (Lipinski definition) is 1. The average molecular weight is 289 g/mol. The molecule has 0 saturated heterocycles. The zero-order chi connectivity index (χ0) is 15.6. The summed E-state index contributed by atoms with van der Waals surface area (Å²) in [5, 5.41) is 2.43. The van der Waals surface area contributed by atoms with Crippen LogP contribution in [0.4, 0.5) is 10.6 Å². The van der Waals surface area contributed by atoms with Crippen molar-refractivity contribution in [1.82, 2.24) is 9.55 Å². The molecule has 1 N–H and O–H groups in total. The van der Waals surface area contributed by atoms with E-state index < -0.39 is 11.7 Å². The quantitative estimate of drug-likeness (QED) is 0.922. The molecule has 2 aromatic rings. The maximum absolute atomic E-state index is 12.3. The lowest BCUT2D eigenvalue weighted by atomic mass is 10.2. The molecule has 0 aliphatic rings. The van der Waals surface area contributed by atoms with Crippen LogP contribution in [0.3, 0.4) is 0 Å². The van der Waals surface area contributed by atoms with Crippen LogP contribution in [0, 0.1) is 0 Å². The van der Waals surface area contributed by atoms with Gasteiger partial charge in [0.2, 0.25) is 5.82 Å². The van der Waals surface area contributed by atoms with Crippen LogP contribution in [0.25, 0.3) is 11.0 Å². The van der Waals surface area contributed by atoms with E-state index in [2.05, 4.69) is 10.3 Å². The van der Waals surface area contributed by atoms with Crippen LogP contribution in [0.1, 0.15) is 27.7 Å². The molecule has 6 heteroatoms. The molecule has 6 nitrogen and oxygen atoms in total. The van der Waals surface area contributed by atoms with E-state index in [9.17, 15) is 9.59 Å². The highest BCUT2D eigenvalue weighted by Gasteiger charge is 2.18. The number of nitrogens with one attached hydrogen (secondary N) is 1. The topological polar surface area (TPSA) is 73.2 Å². The molecule has 0 saturated carbocycles. The maximum Gasteiger partial charge on any atom is 0.413 e. The Bertz CT molecular complexity index is 729. The molecule has 0 aliphatic heterocycles. The first kappa shape index (κ1) is 15.0. The van der Waals surface area contributed by atoms with Crippen LogP contribution in [0.5, 0.6) is 0 Å². The van der Waals surface area contributed by atoms with Gasteiger partial charge in [-0.2, -0.15) is 0 Å². The monoisotopic (exact) mass is 289 g/mol. The predicted octanol–water partition coefficient (Wildman–Crippen LogP) is 2.76. The summed E-state index contributed by atoms with van der Waals surface area (Å²) in [5.41, 5.74) is 0.400. The Balaban J connectivity index is 2.43. The number of anilines is 1. The Morgan fingerprint density at radius 3 is 2.62 bits per heavy atom. The van der Waals surface area contributed by atoms with Crippen LogP contribution in [0.2, 0.25) is 0 Å². The van der Waals surface area contributed by atoms with Gasteiger partial charge in [0.05, 0.1) is 11.0 Å². The first-order chi connectivity index (χ1) is 9.81. The van der Waals surface area contributed by atoms with Crippen LogP contribution >= 0.6 is 0 Å². The van der Waals surface area contributed by atoms with Crippen LogP contribution < -0.4 is 10.9 Å². The highest BCUT2D eigenvalue weighted by atomic mass is 16.6. The number of carbonyl (C=O) groups is 1. The van der Waals surface area contributed by atoms with E-state index in [1.54, 1.807) is 31.4 Å². The van der Waals surface area contributed by atoms with Crippen molar-refractivity contribution in [2.45, 2.75) is 39.8 Å². The standard InChI is InChI=1S/C15H19N3O3/c1-5-18-11-9-7-6-8-10(11)16-12(13(18)19)17-14(20)21-15(2,3)4/h6-9H,5H2,1-4H3,(H,16,17,20). The number of amides is 1. The van der Waals surface area contributed by atoms with Crippen molar-refractivity contribution in [2.24, 2.45) is 0 Å². The highest BCUT2D eigenvalue weighted by molar-refractivity contribution is 5.85. The number of hydrogen-bond acceptors (Lipinski definition) is 4. The number of ether oxygens (including phenoxy) is 1. The fourth-order valence-electron chi connectivity index (χ4n) is 1.99. The van der Waals surface area contributed by atoms with Gasteiger partial charge in [0.25, 0.3) is 5.56 Å². The van der Waals surface area contributed by atoms with Gasteiger partial charge in [0.15, 0.2) is 0 Å². The van der Waals surface area contributed by atoms with Crippen LogP contribution in [-0.4, -0.2) is 21.2 Å². The lowest BCUT2D eigenvalue weighted by molar-refractivity contribution is 0.0635. The minimum Gasteiger partial charge on any atom is -0.444 e. The molecule has 0 aliphatic carbocycles. The van der Waals surface area contributed by atoms with E-state index >= 15 is 0 Å². The molecule has 112 valence electrons. The van der Waals surface area contributed by atoms with E-state index in [4.69, 9.17) is 4.74 Å². The number of fused-ring (bicyclic) bond motifs is 1. The number of nitrogens with zero attached hydrogens (tertiary/aromatic N) is 2. The fourth-order valence-corrected chi connectivity index (χ4v) is 1.99.